The number of furan rings is 2. The number of rotatable bonds is 6. The van der Waals surface area contributed by atoms with Crippen LogP contribution in [0, 0.1) is 0 Å². The van der Waals surface area contributed by atoms with E-state index in [0.29, 0.717) is 0 Å². The third-order valence-electron chi connectivity index (χ3n) is 12.8. The molecule has 3 aromatic heterocycles. The summed E-state index contributed by atoms with van der Waals surface area (Å²) < 4.78 is 15.3. The monoisotopic (exact) mass is 803 g/mol. The zero-order valence-electron chi connectivity index (χ0n) is 34.1. The van der Waals surface area contributed by atoms with Crippen molar-refractivity contribution in [1.29, 1.82) is 0 Å². The second-order valence-corrected chi connectivity index (χ2v) is 16.4. The van der Waals surface area contributed by atoms with Gasteiger partial charge in [-0.05, 0) is 117 Å². The van der Waals surface area contributed by atoms with Gasteiger partial charge in [0.15, 0.2) is 0 Å². The van der Waals surface area contributed by atoms with Gasteiger partial charge in [0.1, 0.15) is 22.3 Å². The Bertz CT molecular complexity index is 3660. The molecular formula is C60H37NO2. The van der Waals surface area contributed by atoms with E-state index in [1.54, 1.807) is 0 Å². The number of fused-ring (bicyclic) bond motifs is 9. The van der Waals surface area contributed by atoms with Crippen molar-refractivity contribution >= 4 is 65.7 Å². The van der Waals surface area contributed by atoms with Crippen LogP contribution in [0.25, 0.3) is 127 Å². The summed E-state index contributed by atoms with van der Waals surface area (Å²) in [5.74, 6) is 0. The lowest BCUT2D eigenvalue weighted by Gasteiger charge is -2.16. The van der Waals surface area contributed by atoms with Crippen molar-refractivity contribution in [3.8, 4) is 61.3 Å². The Morgan fingerprint density at radius 3 is 1.05 bits per heavy atom. The van der Waals surface area contributed by atoms with Crippen molar-refractivity contribution in [3.63, 3.8) is 0 Å². The number of aromatic nitrogens is 1. The average molecular weight is 804 g/mol. The SMILES string of the molecule is c1ccc(-c2ccc(-n3c4c(-c5ccc6oc7ccccc7c6c5)cc(-c5ccccc5)cc4c4cc(-c5ccccc5)cc(-c5ccc6oc7ccccc7c6c5)c43)cc2)cc1. The molecule has 0 amide bonds. The van der Waals surface area contributed by atoms with E-state index in [4.69, 9.17) is 8.83 Å². The largest absolute Gasteiger partial charge is 0.456 e. The lowest BCUT2D eigenvalue weighted by molar-refractivity contribution is 0.668. The predicted molar refractivity (Wildman–Crippen MR) is 263 cm³/mol. The van der Waals surface area contributed by atoms with E-state index in [1.807, 2.05) is 12.1 Å². The van der Waals surface area contributed by atoms with Crippen molar-refractivity contribution in [1.82, 2.24) is 4.57 Å². The summed E-state index contributed by atoms with van der Waals surface area (Å²) in [5, 5.41) is 6.78. The number of hydrogen-bond acceptors (Lipinski definition) is 2. The van der Waals surface area contributed by atoms with Crippen LogP contribution in [0.2, 0.25) is 0 Å². The molecule has 3 heteroatoms. The fourth-order valence-corrected chi connectivity index (χ4v) is 9.79. The molecule has 0 N–H and O–H groups in total. The third-order valence-corrected chi connectivity index (χ3v) is 12.8. The summed E-state index contributed by atoms with van der Waals surface area (Å²) in [7, 11) is 0. The van der Waals surface area contributed by atoms with Crippen LogP contribution in [0.4, 0.5) is 0 Å². The molecule has 10 aromatic carbocycles. The van der Waals surface area contributed by atoms with Crippen LogP contribution in [0.5, 0.6) is 0 Å². The van der Waals surface area contributed by atoms with Crippen LogP contribution >= 0.6 is 0 Å². The molecule has 0 radical (unpaired) electrons. The molecule has 0 unspecified atom stereocenters. The highest BCUT2D eigenvalue weighted by atomic mass is 16.3. The summed E-state index contributed by atoms with van der Waals surface area (Å²) in [6.07, 6.45) is 0. The number of nitrogens with zero attached hydrogens (tertiary/aromatic N) is 1. The average Bonchev–Trinajstić information content (AvgIpc) is 4.03. The molecule has 294 valence electrons. The number of para-hydroxylation sites is 2. The second kappa shape index (κ2) is 14.1. The Morgan fingerprint density at radius 1 is 0.238 bits per heavy atom. The second-order valence-electron chi connectivity index (χ2n) is 16.4. The minimum atomic E-state index is 0.879. The lowest BCUT2D eigenvalue weighted by atomic mass is 9.92. The first-order valence-electron chi connectivity index (χ1n) is 21.5. The molecule has 0 atom stereocenters. The number of benzene rings is 10. The standard InChI is InChI=1S/C60H37NO2/c1-4-14-38(15-5-1)41-24-28-46(29-25-41)61-59-49(42-26-30-57-51(32-42)47-20-10-12-22-55(47)62-57)34-44(39-16-6-2-7-17-39)36-53(59)54-37-45(40-18-8-3-9-19-40)35-50(60(54)61)43-27-31-58-52(33-43)48-21-11-13-23-56(48)63-58/h1-37H. The third kappa shape index (κ3) is 5.75. The Balaban J connectivity index is 1.19. The zero-order chi connectivity index (χ0) is 41.4. The highest BCUT2D eigenvalue weighted by Gasteiger charge is 2.24. The molecule has 0 aliphatic carbocycles. The van der Waals surface area contributed by atoms with E-state index in [1.165, 1.54) is 33.0 Å². The Kier molecular flexibility index (Phi) is 7.91. The van der Waals surface area contributed by atoms with E-state index < -0.39 is 0 Å². The summed E-state index contributed by atoms with van der Waals surface area (Å²) in [6.45, 7) is 0. The van der Waals surface area contributed by atoms with E-state index in [2.05, 4.69) is 217 Å². The summed E-state index contributed by atoms with van der Waals surface area (Å²) in [5.41, 5.74) is 18.5. The summed E-state index contributed by atoms with van der Waals surface area (Å²) in [6, 6.07) is 80.8. The van der Waals surface area contributed by atoms with Gasteiger partial charge >= 0.3 is 0 Å². The molecule has 13 aromatic rings. The molecule has 0 aliphatic heterocycles. The molecule has 0 fully saturated rings. The molecule has 0 bridgehead atoms. The van der Waals surface area contributed by atoms with Gasteiger partial charge in [-0.3, -0.25) is 0 Å². The van der Waals surface area contributed by atoms with E-state index in [-0.39, 0.29) is 0 Å². The van der Waals surface area contributed by atoms with Crippen LogP contribution in [0.1, 0.15) is 0 Å². The highest BCUT2D eigenvalue weighted by Crippen LogP contribution is 2.47. The van der Waals surface area contributed by atoms with Gasteiger partial charge < -0.3 is 13.4 Å². The lowest BCUT2D eigenvalue weighted by Crippen LogP contribution is -1.98. The highest BCUT2D eigenvalue weighted by molar-refractivity contribution is 6.20. The van der Waals surface area contributed by atoms with Gasteiger partial charge in [-0.1, -0.05) is 152 Å². The Labute approximate surface area is 363 Å². The first-order chi connectivity index (χ1) is 31.2. The molecule has 3 heterocycles. The number of hydrogen-bond donors (Lipinski definition) is 0. The molecule has 13 rings (SSSR count). The van der Waals surface area contributed by atoms with E-state index in [9.17, 15) is 0 Å². The summed E-state index contributed by atoms with van der Waals surface area (Å²) in [4.78, 5) is 0. The minimum Gasteiger partial charge on any atom is -0.456 e. The molecule has 63 heavy (non-hydrogen) atoms. The van der Waals surface area contributed by atoms with Gasteiger partial charge in [0.2, 0.25) is 0 Å². The van der Waals surface area contributed by atoms with Gasteiger partial charge in [-0.25, -0.2) is 0 Å². The van der Waals surface area contributed by atoms with Gasteiger partial charge in [-0.15, -0.1) is 0 Å². The fourth-order valence-electron chi connectivity index (χ4n) is 9.79. The van der Waals surface area contributed by atoms with Gasteiger partial charge in [0.25, 0.3) is 0 Å². The van der Waals surface area contributed by atoms with Crippen LogP contribution in [-0.4, -0.2) is 4.57 Å². The minimum absolute atomic E-state index is 0.879. The van der Waals surface area contributed by atoms with E-state index in [0.717, 1.165) is 94.0 Å². The molecule has 0 aliphatic rings. The maximum Gasteiger partial charge on any atom is 0.135 e. The van der Waals surface area contributed by atoms with Crippen LogP contribution in [0.3, 0.4) is 0 Å². The van der Waals surface area contributed by atoms with Crippen molar-refractivity contribution < 1.29 is 8.83 Å². The van der Waals surface area contributed by atoms with Crippen molar-refractivity contribution in [2.24, 2.45) is 0 Å². The van der Waals surface area contributed by atoms with Crippen molar-refractivity contribution in [2.45, 2.75) is 0 Å². The molecular weight excluding hydrogens is 767 g/mol. The Hall–Kier alpha value is -8.40. The smallest absolute Gasteiger partial charge is 0.135 e. The zero-order valence-corrected chi connectivity index (χ0v) is 34.1. The summed E-state index contributed by atoms with van der Waals surface area (Å²) >= 11 is 0. The molecule has 0 saturated heterocycles. The fraction of sp³-hybridized carbons (Fsp3) is 0. The van der Waals surface area contributed by atoms with Crippen LogP contribution < -0.4 is 0 Å². The molecule has 3 nitrogen and oxygen atoms in total. The maximum absolute atomic E-state index is 6.37. The predicted octanol–water partition coefficient (Wildman–Crippen LogP) is 16.9. The van der Waals surface area contributed by atoms with E-state index >= 15 is 0 Å². The van der Waals surface area contributed by atoms with Crippen molar-refractivity contribution in [3.05, 3.63) is 224 Å². The van der Waals surface area contributed by atoms with Crippen LogP contribution in [0.15, 0.2) is 233 Å². The Morgan fingerprint density at radius 2 is 0.587 bits per heavy atom. The normalized spacial score (nSPS) is 11.8. The van der Waals surface area contributed by atoms with Gasteiger partial charge in [0, 0.05) is 49.1 Å². The topological polar surface area (TPSA) is 31.2 Å². The van der Waals surface area contributed by atoms with Crippen molar-refractivity contribution in [2.75, 3.05) is 0 Å². The first kappa shape index (κ1) is 35.4. The molecule has 0 saturated carbocycles. The van der Waals surface area contributed by atoms with Gasteiger partial charge in [-0.2, -0.15) is 0 Å². The van der Waals surface area contributed by atoms with Gasteiger partial charge in [0.05, 0.1) is 11.0 Å². The van der Waals surface area contributed by atoms with Crippen LogP contribution in [-0.2, 0) is 0 Å². The quantitative estimate of drug-likeness (QED) is 0.168. The maximum atomic E-state index is 6.37. The first-order valence-corrected chi connectivity index (χ1v) is 21.5. The molecule has 0 spiro atoms.